The van der Waals surface area contributed by atoms with Crippen LogP contribution in [-0.4, -0.2) is 11.8 Å². The van der Waals surface area contributed by atoms with Crippen molar-refractivity contribution in [1.29, 1.82) is 0 Å². The van der Waals surface area contributed by atoms with Gasteiger partial charge in [0.15, 0.2) is 0 Å². The molecule has 4 nitrogen and oxygen atoms in total. The maximum atomic E-state index is 13.7. The van der Waals surface area contributed by atoms with Gasteiger partial charge in [0.25, 0.3) is 11.8 Å². The van der Waals surface area contributed by atoms with E-state index in [1.54, 1.807) is 0 Å². The van der Waals surface area contributed by atoms with Crippen molar-refractivity contribution < 1.29 is 9.59 Å². The zero-order valence-corrected chi connectivity index (χ0v) is 20.1. The summed E-state index contributed by atoms with van der Waals surface area (Å²) in [4.78, 5) is 28.6. The van der Waals surface area contributed by atoms with Crippen molar-refractivity contribution in [1.82, 2.24) is 0 Å². The normalized spacial score (nSPS) is 14.3. The number of anilines is 2. The maximum Gasteiger partial charge on any atom is 0.282 e. The molecule has 1 N–H and O–H groups in total. The van der Waals surface area contributed by atoms with Gasteiger partial charge >= 0.3 is 0 Å². The molecule has 0 aliphatic carbocycles. The first-order valence-electron chi connectivity index (χ1n) is 11.2. The number of aryl methyl sites for hydroxylation is 3. The molecule has 4 rings (SSSR count). The van der Waals surface area contributed by atoms with Crippen LogP contribution in [0.5, 0.6) is 0 Å². The summed E-state index contributed by atoms with van der Waals surface area (Å²) in [5, 5.41) is 3.26. The van der Waals surface area contributed by atoms with Gasteiger partial charge < -0.3 is 5.32 Å². The van der Waals surface area contributed by atoms with Gasteiger partial charge in [0, 0.05) is 5.69 Å². The highest BCUT2D eigenvalue weighted by molar-refractivity contribution is 6.46. The Morgan fingerprint density at radius 2 is 1.33 bits per heavy atom. The smallest absolute Gasteiger partial charge is 0.282 e. The molecule has 1 aliphatic heterocycles. The minimum atomic E-state index is -0.343. The van der Waals surface area contributed by atoms with Crippen LogP contribution >= 0.6 is 0 Å². The fourth-order valence-electron chi connectivity index (χ4n) is 4.01. The highest BCUT2D eigenvalue weighted by Gasteiger charge is 2.40. The zero-order chi connectivity index (χ0) is 23.9. The molecule has 2 amide bonds. The summed E-state index contributed by atoms with van der Waals surface area (Å²) in [5.74, 6) is -0.657. The van der Waals surface area contributed by atoms with E-state index in [2.05, 4.69) is 38.2 Å². The van der Waals surface area contributed by atoms with Crippen LogP contribution in [0.4, 0.5) is 11.4 Å². The summed E-state index contributed by atoms with van der Waals surface area (Å²) < 4.78 is 0. The standard InChI is InChI=1S/C29H30N2O2/c1-18-8-11-21(12-9-18)25-26(30-23-15-13-22(14-16-23)29(4,5)6)28(33)31(27(25)32)24-17-19(2)7-10-20(24)3/h7-17,30H,1-6H3. The van der Waals surface area contributed by atoms with E-state index in [-0.39, 0.29) is 17.2 Å². The number of benzene rings is 3. The fraction of sp³-hybridized carbons (Fsp3) is 0.241. The van der Waals surface area contributed by atoms with E-state index in [4.69, 9.17) is 0 Å². The Bertz CT molecular complexity index is 1260. The highest BCUT2D eigenvalue weighted by atomic mass is 16.2. The third-order valence-electron chi connectivity index (χ3n) is 6.05. The van der Waals surface area contributed by atoms with Gasteiger partial charge in [0.05, 0.1) is 11.3 Å². The third kappa shape index (κ3) is 4.34. The Morgan fingerprint density at radius 1 is 0.727 bits per heavy atom. The van der Waals surface area contributed by atoms with Crippen molar-refractivity contribution in [3.05, 3.63) is 100 Å². The minimum absolute atomic E-state index is 0.0312. The number of imide groups is 1. The van der Waals surface area contributed by atoms with Crippen molar-refractivity contribution in [3.8, 4) is 0 Å². The molecule has 0 spiro atoms. The minimum Gasteiger partial charge on any atom is -0.350 e. The number of hydrogen-bond donors (Lipinski definition) is 1. The summed E-state index contributed by atoms with van der Waals surface area (Å²) in [5.41, 5.74) is 6.99. The molecule has 4 heteroatoms. The van der Waals surface area contributed by atoms with E-state index in [0.29, 0.717) is 17.0 Å². The molecular weight excluding hydrogens is 408 g/mol. The van der Waals surface area contributed by atoms with Crippen LogP contribution in [0.2, 0.25) is 0 Å². The quantitative estimate of drug-likeness (QED) is 0.486. The number of nitrogens with zero attached hydrogens (tertiary/aromatic N) is 1. The van der Waals surface area contributed by atoms with E-state index >= 15 is 0 Å². The first-order valence-corrected chi connectivity index (χ1v) is 11.2. The van der Waals surface area contributed by atoms with Gasteiger partial charge in [0.2, 0.25) is 0 Å². The molecule has 1 aliphatic rings. The molecule has 3 aromatic rings. The summed E-state index contributed by atoms with van der Waals surface area (Å²) >= 11 is 0. The molecule has 3 aromatic carbocycles. The van der Waals surface area contributed by atoms with Crippen molar-refractivity contribution in [2.24, 2.45) is 0 Å². The molecule has 0 fully saturated rings. The van der Waals surface area contributed by atoms with Crippen molar-refractivity contribution >= 4 is 28.8 Å². The molecule has 168 valence electrons. The van der Waals surface area contributed by atoms with Crippen molar-refractivity contribution in [2.75, 3.05) is 10.2 Å². The van der Waals surface area contributed by atoms with Gasteiger partial charge in [-0.25, -0.2) is 4.90 Å². The summed E-state index contributed by atoms with van der Waals surface area (Å²) in [6.07, 6.45) is 0. The lowest BCUT2D eigenvalue weighted by atomic mass is 9.87. The average molecular weight is 439 g/mol. The van der Waals surface area contributed by atoms with Crippen LogP contribution < -0.4 is 10.2 Å². The number of rotatable bonds is 4. The molecule has 0 bridgehead atoms. The third-order valence-corrected chi connectivity index (χ3v) is 6.05. The van der Waals surface area contributed by atoms with Gasteiger partial charge in [-0.15, -0.1) is 0 Å². The van der Waals surface area contributed by atoms with Crippen LogP contribution in [0.25, 0.3) is 5.57 Å². The largest absolute Gasteiger partial charge is 0.350 e. The molecule has 0 aromatic heterocycles. The molecule has 0 unspecified atom stereocenters. The van der Waals surface area contributed by atoms with Crippen LogP contribution in [0, 0.1) is 20.8 Å². The van der Waals surface area contributed by atoms with E-state index < -0.39 is 0 Å². The lowest BCUT2D eigenvalue weighted by Crippen LogP contribution is -2.33. The topological polar surface area (TPSA) is 49.4 Å². The van der Waals surface area contributed by atoms with Gasteiger partial charge in [-0.05, 0) is 66.6 Å². The molecule has 0 saturated carbocycles. The number of hydrogen-bond acceptors (Lipinski definition) is 3. The van der Waals surface area contributed by atoms with Crippen LogP contribution in [-0.2, 0) is 15.0 Å². The lowest BCUT2D eigenvalue weighted by molar-refractivity contribution is -0.120. The van der Waals surface area contributed by atoms with Gasteiger partial charge in [-0.1, -0.05) is 74.9 Å². The summed E-state index contributed by atoms with van der Waals surface area (Å²) in [7, 11) is 0. The van der Waals surface area contributed by atoms with Gasteiger partial charge in [-0.2, -0.15) is 0 Å². The predicted octanol–water partition coefficient (Wildman–Crippen LogP) is 6.31. The highest BCUT2D eigenvalue weighted by Crippen LogP contribution is 2.36. The Labute approximate surface area is 195 Å². The van der Waals surface area contributed by atoms with E-state index in [9.17, 15) is 9.59 Å². The van der Waals surface area contributed by atoms with Gasteiger partial charge in [0.1, 0.15) is 5.70 Å². The van der Waals surface area contributed by atoms with Crippen molar-refractivity contribution in [2.45, 2.75) is 47.0 Å². The Morgan fingerprint density at radius 3 is 1.94 bits per heavy atom. The van der Waals surface area contributed by atoms with Gasteiger partial charge in [-0.3, -0.25) is 9.59 Å². The molecular formula is C29H30N2O2. The monoisotopic (exact) mass is 438 g/mol. The SMILES string of the molecule is Cc1ccc(C2=C(Nc3ccc(C(C)(C)C)cc3)C(=O)N(c3cc(C)ccc3C)C2=O)cc1. The molecule has 0 saturated heterocycles. The van der Waals surface area contributed by atoms with Crippen LogP contribution in [0.15, 0.2) is 72.4 Å². The van der Waals surface area contributed by atoms with E-state index in [1.165, 1.54) is 10.5 Å². The number of carbonyl (C=O) groups excluding carboxylic acids is 2. The van der Waals surface area contributed by atoms with E-state index in [1.807, 2.05) is 75.4 Å². The average Bonchev–Trinajstić information content (AvgIpc) is 3.00. The molecule has 33 heavy (non-hydrogen) atoms. The Hall–Kier alpha value is -3.66. The first kappa shape index (κ1) is 22.5. The van der Waals surface area contributed by atoms with E-state index in [0.717, 1.165) is 27.9 Å². The molecule has 0 radical (unpaired) electrons. The van der Waals surface area contributed by atoms with Crippen LogP contribution in [0.3, 0.4) is 0 Å². The van der Waals surface area contributed by atoms with Crippen molar-refractivity contribution in [3.63, 3.8) is 0 Å². The molecule has 0 atom stereocenters. The summed E-state index contributed by atoms with van der Waals surface area (Å²) in [6, 6.07) is 21.5. The first-order chi connectivity index (χ1) is 15.6. The maximum absolute atomic E-state index is 13.7. The second kappa shape index (κ2) is 8.36. The second-order valence-electron chi connectivity index (χ2n) is 9.80. The number of amides is 2. The number of carbonyl (C=O) groups is 2. The lowest BCUT2D eigenvalue weighted by Gasteiger charge is -2.20. The second-order valence-corrected chi connectivity index (χ2v) is 9.80. The fourth-order valence-corrected chi connectivity index (χ4v) is 4.01. The Kier molecular flexibility index (Phi) is 5.71. The zero-order valence-electron chi connectivity index (χ0n) is 20.1. The molecule has 1 heterocycles. The predicted molar refractivity (Wildman–Crippen MR) is 135 cm³/mol. The van der Waals surface area contributed by atoms with Crippen LogP contribution in [0.1, 0.15) is 48.6 Å². The number of nitrogens with one attached hydrogen (secondary N) is 1. The Balaban J connectivity index is 1.80. The summed E-state index contributed by atoms with van der Waals surface area (Å²) in [6.45, 7) is 12.4.